The van der Waals surface area contributed by atoms with Crippen LogP contribution in [0.3, 0.4) is 0 Å². The van der Waals surface area contributed by atoms with Gasteiger partial charge in [0.2, 0.25) is 5.91 Å². The van der Waals surface area contributed by atoms with E-state index in [0.717, 1.165) is 22.9 Å². The first-order valence-electron chi connectivity index (χ1n) is 7.59. The molecule has 1 atom stereocenters. The van der Waals surface area contributed by atoms with Gasteiger partial charge < -0.3 is 15.4 Å². The Hall–Kier alpha value is -2.08. The Kier molecular flexibility index (Phi) is 5.60. The minimum Gasteiger partial charge on any atom is -0.497 e. The van der Waals surface area contributed by atoms with Gasteiger partial charge in [-0.05, 0) is 44.5 Å². The summed E-state index contributed by atoms with van der Waals surface area (Å²) in [6.07, 6.45) is 2.56. The van der Waals surface area contributed by atoms with E-state index in [9.17, 15) is 4.79 Å². The molecular weight excluding hydrogens is 310 g/mol. The van der Waals surface area contributed by atoms with Gasteiger partial charge in [-0.2, -0.15) is 0 Å². The number of methoxy groups -OCH3 is 1. The van der Waals surface area contributed by atoms with Crippen LogP contribution in [0.2, 0.25) is 0 Å². The van der Waals surface area contributed by atoms with E-state index in [0.29, 0.717) is 0 Å². The van der Waals surface area contributed by atoms with Crippen molar-refractivity contribution in [3.8, 4) is 5.75 Å². The molecular formula is C17H23N3O2S. The molecule has 1 aromatic carbocycles. The zero-order chi connectivity index (χ0) is 16.9. The van der Waals surface area contributed by atoms with Crippen LogP contribution < -0.4 is 15.4 Å². The normalized spacial score (nSPS) is 12.5. The van der Waals surface area contributed by atoms with E-state index >= 15 is 0 Å². The number of hydrogen-bond acceptors (Lipinski definition) is 5. The van der Waals surface area contributed by atoms with Gasteiger partial charge in [0.15, 0.2) is 0 Å². The predicted molar refractivity (Wildman–Crippen MR) is 94.0 cm³/mol. The second-order valence-corrected chi connectivity index (χ2v) is 6.71. The molecule has 5 nitrogen and oxygen atoms in total. The van der Waals surface area contributed by atoms with Crippen LogP contribution >= 0.6 is 11.3 Å². The lowest BCUT2D eigenvalue weighted by molar-refractivity contribution is -0.125. The summed E-state index contributed by atoms with van der Waals surface area (Å²) in [6.45, 7) is 5.76. The van der Waals surface area contributed by atoms with Crippen molar-refractivity contribution in [2.75, 3.05) is 12.4 Å². The highest BCUT2D eigenvalue weighted by molar-refractivity contribution is 7.09. The lowest BCUT2D eigenvalue weighted by atomic mass is 10.0. The Labute approximate surface area is 141 Å². The lowest BCUT2D eigenvalue weighted by Crippen LogP contribution is -2.48. The number of amides is 1. The molecule has 0 aliphatic carbocycles. The largest absolute Gasteiger partial charge is 0.497 e. The van der Waals surface area contributed by atoms with Crippen molar-refractivity contribution in [1.82, 2.24) is 10.3 Å². The van der Waals surface area contributed by atoms with Crippen LogP contribution in [-0.2, 0) is 4.79 Å². The molecule has 0 unspecified atom stereocenters. The van der Waals surface area contributed by atoms with Gasteiger partial charge in [-0.25, -0.2) is 4.98 Å². The number of carbonyl (C=O) groups is 1. The molecule has 0 aliphatic rings. The number of nitrogens with zero attached hydrogens (tertiary/aromatic N) is 1. The topological polar surface area (TPSA) is 63.2 Å². The average molecular weight is 333 g/mol. The van der Waals surface area contributed by atoms with Gasteiger partial charge in [-0.1, -0.05) is 6.92 Å². The van der Waals surface area contributed by atoms with E-state index in [-0.39, 0.29) is 11.9 Å². The average Bonchev–Trinajstić information content (AvgIpc) is 3.07. The number of hydrogen-bond donors (Lipinski definition) is 2. The van der Waals surface area contributed by atoms with Gasteiger partial charge in [-0.15, -0.1) is 11.3 Å². The first kappa shape index (κ1) is 17.3. The quantitative estimate of drug-likeness (QED) is 0.812. The summed E-state index contributed by atoms with van der Waals surface area (Å²) >= 11 is 1.56. The first-order valence-corrected chi connectivity index (χ1v) is 8.47. The molecule has 0 saturated carbocycles. The fourth-order valence-corrected chi connectivity index (χ4v) is 2.95. The molecule has 2 aromatic rings. The summed E-state index contributed by atoms with van der Waals surface area (Å²) < 4.78 is 5.14. The number of anilines is 1. The summed E-state index contributed by atoms with van der Waals surface area (Å²) in [6, 6.07) is 7.46. The second kappa shape index (κ2) is 7.46. The number of thiazole rings is 1. The summed E-state index contributed by atoms with van der Waals surface area (Å²) in [5, 5.41) is 9.19. The minimum atomic E-state index is -0.737. The van der Waals surface area contributed by atoms with Crippen LogP contribution in [0, 0.1) is 0 Å². The van der Waals surface area contributed by atoms with E-state index in [2.05, 4.69) is 15.6 Å². The Morgan fingerprint density at radius 3 is 2.57 bits per heavy atom. The summed E-state index contributed by atoms with van der Waals surface area (Å²) in [5.41, 5.74) is 0.132. The van der Waals surface area contributed by atoms with Gasteiger partial charge in [0.25, 0.3) is 0 Å². The zero-order valence-electron chi connectivity index (χ0n) is 13.9. The lowest BCUT2D eigenvalue weighted by Gasteiger charge is -2.28. The fraction of sp³-hybridized carbons (Fsp3) is 0.412. The van der Waals surface area contributed by atoms with Gasteiger partial charge in [0.05, 0.1) is 13.2 Å². The maximum absolute atomic E-state index is 12.6. The molecule has 1 heterocycles. The highest BCUT2D eigenvalue weighted by Gasteiger charge is 2.29. The Bertz CT molecular complexity index is 624. The Balaban J connectivity index is 2.03. The third-order valence-corrected chi connectivity index (χ3v) is 4.47. The number of ether oxygens (including phenoxy) is 1. The number of rotatable bonds is 7. The molecule has 2 N–H and O–H groups in total. The molecule has 0 radical (unpaired) electrons. The monoisotopic (exact) mass is 333 g/mol. The number of carbonyl (C=O) groups excluding carboxylic acids is 1. The van der Waals surface area contributed by atoms with E-state index in [1.807, 2.05) is 50.4 Å². The smallest absolute Gasteiger partial charge is 0.245 e. The highest BCUT2D eigenvalue weighted by Crippen LogP contribution is 2.22. The van der Waals surface area contributed by atoms with Gasteiger partial charge >= 0.3 is 0 Å². The maximum Gasteiger partial charge on any atom is 0.245 e. The van der Waals surface area contributed by atoms with Crippen LogP contribution in [0.1, 0.15) is 38.2 Å². The molecule has 2 rings (SSSR count). The van der Waals surface area contributed by atoms with Crippen LogP contribution in [0.15, 0.2) is 35.8 Å². The van der Waals surface area contributed by atoms with E-state index in [1.165, 1.54) is 0 Å². The molecule has 1 aromatic heterocycles. The standard InChI is InChI=1S/C17H23N3O2S/c1-5-14(15-18-10-11-23-15)19-16(21)17(2,3)20-12-6-8-13(22-4)9-7-12/h6-11,14,20H,5H2,1-4H3,(H,19,21)/t14-/m0/s1. The van der Waals surface area contributed by atoms with Crippen LogP contribution in [-0.4, -0.2) is 23.5 Å². The summed E-state index contributed by atoms with van der Waals surface area (Å²) in [4.78, 5) is 16.9. The summed E-state index contributed by atoms with van der Waals surface area (Å²) in [7, 11) is 1.63. The molecule has 0 bridgehead atoms. The van der Waals surface area contributed by atoms with Crippen molar-refractivity contribution in [1.29, 1.82) is 0 Å². The number of nitrogens with one attached hydrogen (secondary N) is 2. The molecule has 124 valence electrons. The van der Waals surface area contributed by atoms with Gasteiger partial charge in [0.1, 0.15) is 16.3 Å². The van der Waals surface area contributed by atoms with Crippen molar-refractivity contribution in [2.45, 2.75) is 38.8 Å². The molecule has 0 fully saturated rings. The van der Waals surface area contributed by atoms with Crippen LogP contribution in [0.5, 0.6) is 5.75 Å². The maximum atomic E-state index is 12.6. The fourth-order valence-electron chi connectivity index (χ4n) is 2.18. The van der Waals surface area contributed by atoms with Crippen molar-refractivity contribution in [2.24, 2.45) is 0 Å². The molecule has 23 heavy (non-hydrogen) atoms. The first-order chi connectivity index (χ1) is 11.0. The zero-order valence-corrected chi connectivity index (χ0v) is 14.7. The van der Waals surface area contributed by atoms with Crippen LogP contribution in [0.25, 0.3) is 0 Å². The molecule has 0 saturated heterocycles. The van der Waals surface area contributed by atoms with Crippen molar-refractivity contribution < 1.29 is 9.53 Å². The third-order valence-electron chi connectivity index (χ3n) is 3.58. The molecule has 0 aliphatic heterocycles. The third kappa shape index (κ3) is 4.45. The van der Waals surface area contributed by atoms with Gasteiger partial charge in [-0.3, -0.25) is 4.79 Å². The second-order valence-electron chi connectivity index (χ2n) is 5.78. The number of benzene rings is 1. The SMILES string of the molecule is CC[C@H](NC(=O)C(C)(C)Nc1ccc(OC)cc1)c1nccs1. The van der Waals surface area contributed by atoms with Crippen molar-refractivity contribution in [3.05, 3.63) is 40.8 Å². The molecule has 0 spiro atoms. The minimum absolute atomic E-state index is 0.0561. The van der Waals surface area contributed by atoms with Crippen molar-refractivity contribution in [3.63, 3.8) is 0 Å². The molecule has 1 amide bonds. The predicted octanol–water partition coefficient (Wildman–Crippen LogP) is 3.61. The van der Waals surface area contributed by atoms with E-state index in [4.69, 9.17) is 4.74 Å². The van der Waals surface area contributed by atoms with Crippen LogP contribution in [0.4, 0.5) is 5.69 Å². The van der Waals surface area contributed by atoms with E-state index < -0.39 is 5.54 Å². The Morgan fingerprint density at radius 1 is 1.35 bits per heavy atom. The summed E-state index contributed by atoms with van der Waals surface area (Å²) in [5.74, 6) is 0.725. The van der Waals surface area contributed by atoms with Crippen molar-refractivity contribution >= 4 is 22.9 Å². The number of aromatic nitrogens is 1. The Morgan fingerprint density at radius 2 is 2.04 bits per heavy atom. The highest BCUT2D eigenvalue weighted by atomic mass is 32.1. The molecule has 6 heteroatoms. The van der Waals surface area contributed by atoms with E-state index in [1.54, 1.807) is 24.6 Å². The van der Waals surface area contributed by atoms with Gasteiger partial charge in [0, 0.05) is 17.3 Å².